The Hall–Kier alpha value is -1.64. The molecule has 0 spiro atoms. The Labute approximate surface area is 147 Å². The minimum absolute atomic E-state index is 0.200. The summed E-state index contributed by atoms with van der Waals surface area (Å²) in [6.45, 7) is 7.10. The summed E-state index contributed by atoms with van der Waals surface area (Å²) in [6.07, 6.45) is 2.74. The number of rotatable bonds is 10. The third-order valence-electron chi connectivity index (χ3n) is 4.64. The predicted octanol–water partition coefficient (Wildman–Crippen LogP) is 4.88. The van der Waals surface area contributed by atoms with E-state index >= 15 is 0 Å². The van der Waals surface area contributed by atoms with Crippen molar-refractivity contribution in [1.82, 2.24) is 4.90 Å². The smallest absolute Gasteiger partial charge is 0.0580 e. The molecule has 2 nitrogen and oxygen atoms in total. The van der Waals surface area contributed by atoms with Crippen molar-refractivity contribution in [3.8, 4) is 0 Å². The zero-order valence-corrected chi connectivity index (χ0v) is 15.1. The lowest BCUT2D eigenvalue weighted by atomic mass is 9.95. The number of hydrogen-bond acceptors (Lipinski definition) is 2. The molecule has 0 saturated carbocycles. The minimum Gasteiger partial charge on any atom is -0.393 e. The van der Waals surface area contributed by atoms with Gasteiger partial charge in [0.25, 0.3) is 0 Å². The number of nitrogens with zero attached hydrogens (tertiary/aromatic N) is 1. The van der Waals surface area contributed by atoms with Crippen molar-refractivity contribution >= 4 is 0 Å². The van der Waals surface area contributed by atoms with E-state index in [2.05, 4.69) is 79.4 Å². The Kier molecular flexibility index (Phi) is 8.00. The van der Waals surface area contributed by atoms with Crippen LogP contribution in [0.2, 0.25) is 0 Å². The van der Waals surface area contributed by atoms with Gasteiger partial charge in [-0.3, -0.25) is 4.90 Å². The first kappa shape index (κ1) is 18.7. The zero-order valence-electron chi connectivity index (χ0n) is 15.1. The van der Waals surface area contributed by atoms with E-state index in [0.29, 0.717) is 5.92 Å². The van der Waals surface area contributed by atoms with E-state index in [1.807, 2.05) is 0 Å². The molecule has 1 N–H and O–H groups in total. The Morgan fingerprint density at radius 2 is 1.33 bits per heavy atom. The molecule has 0 unspecified atom stereocenters. The molecule has 130 valence electrons. The molecule has 2 aromatic carbocycles. The molecule has 0 heterocycles. The van der Waals surface area contributed by atoms with Crippen LogP contribution in [0.5, 0.6) is 0 Å². The van der Waals surface area contributed by atoms with Crippen LogP contribution in [-0.2, 0) is 13.1 Å². The highest BCUT2D eigenvalue weighted by molar-refractivity contribution is 5.17. The molecule has 0 fully saturated rings. The number of aliphatic hydroxyl groups is 1. The van der Waals surface area contributed by atoms with Gasteiger partial charge in [0.15, 0.2) is 0 Å². The van der Waals surface area contributed by atoms with E-state index in [4.69, 9.17) is 0 Å². The van der Waals surface area contributed by atoms with Gasteiger partial charge in [-0.15, -0.1) is 0 Å². The molecule has 24 heavy (non-hydrogen) atoms. The van der Waals surface area contributed by atoms with Gasteiger partial charge in [0.1, 0.15) is 0 Å². The second-order valence-corrected chi connectivity index (χ2v) is 6.67. The first-order valence-electron chi connectivity index (χ1n) is 9.21. The molecule has 0 amide bonds. The lowest BCUT2D eigenvalue weighted by Crippen LogP contribution is -2.34. The third-order valence-corrected chi connectivity index (χ3v) is 4.64. The van der Waals surface area contributed by atoms with Crippen molar-refractivity contribution in [3.05, 3.63) is 71.8 Å². The molecule has 0 aliphatic heterocycles. The summed E-state index contributed by atoms with van der Waals surface area (Å²) in [4.78, 5) is 2.47. The molecule has 0 aliphatic carbocycles. The lowest BCUT2D eigenvalue weighted by molar-refractivity contribution is 0.0650. The van der Waals surface area contributed by atoms with Gasteiger partial charge >= 0.3 is 0 Å². The van der Waals surface area contributed by atoms with Crippen LogP contribution in [0.4, 0.5) is 0 Å². The van der Waals surface area contributed by atoms with Gasteiger partial charge < -0.3 is 5.11 Å². The van der Waals surface area contributed by atoms with Gasteiger partial charge in [-0.25, -0.2) is 0 Å². The van der Waals surface area contributed by atoms with Gasteiger partial charge in [0.2, 0.25) is 0 Å². The van der Waals surface area contributed by atoms with Crippen molar-refractivity contribution in [3.63, 3.8) is 0 Å². The minimum atomic E-state index is -0.200. The molecule has 2 heteroatoms. The lowest BCUT2D eigenvalue weighted by Gasteiger charge is -2.30. The Balaban J connectivity index is 2.09. The average Bonchev–Trinajstić information content (AvgIpc) is 2.61. The molecule has 2 atom stereocenters. The van der Waals surface area contributed by atoms with Gasteiger partial charge in [-0.1, -0.05) is 80.9 Å². The Bertz CT molecular complexity index is 513. The van der Waals surface area contributed by atoms with Crippen LogP contribution in [0.1, 0.15) is 44.2 Å². The highest BCUT2D eigenvalue weighted by Gasteiger charge is 2.20. The molecule has 0 aliphatic rings. The molecule has 2 aromatic rings. The van der Waals surface area contributed by atoms with Crippen LogP contribution in [0, 0.1) is 5.92 Å². The van der Waals surface area contributed by atoms with Crippen LogP contribution in [0.15, 0.2) is 60.7 Å². The maximum atomic E-state index is 10.5. The summed E-state index contributed by atoms with van der Waals surface area (Å²) in [5.74, 6) is 0.331. The van der Waals surface area contributed by atoms with E-state index in [1.54, 1.807) is 0 Å². The largest absolute Gasteiger partial charge is 0.393 e. The fourth-order valence-corrected chi connectivity index (χ4v) is 3.25. The first-order chi connectivity index (χ1) is 11.7. The predicted molar refractivity (Wildman–Crippen MR) is 102 cm³/mol. The summed E-state index contributed by atoms with van der Waals surface area (Å²) in [5, 5.41) is 10.5. The summed E-state index contributed by atoms with van der Waals surface area (Å²) in [7, 11) is 0. The first-order valence-corrected chi connectivity index (χ1v) is 9.21. The molecule has 0 radical (unpaired) electrons. The Morgan fingerprint density at radius 1 is 0.833 bits per heavy atom. The van der Waals surface area contributed by atoms with Crippen LogP contribution >= 0.6 is 0 Å². The SMILES string of the molecule is CCC[C@H](O)[C@H](CC)CN(Cc1ccccc1)Cc1ccccc1. The summed E-state index contributed by atoms with van der Waals surface area (Å²) in [5.41, 5.74) is 2.65. The molecular weight excluding hydrogens is 294 g/mol. The number of hydrogen-bond donors (Lipinski definition) is 1. The van der Waals surface area contributed by atoms with Crippen LogP contribution < -0.4 is 0 Å². The molecule has 0 aromatic heterocycles. The van der Waals surface area contributed by atoms with Crippen molar-refractivity contribution < 1.29 is 5.11 Å². The van der Waals surface area contributed by atoms with Crippen molar-refractivity contribution in [2.45, 2.75) is 52.3 Å². The fourth-order valence-electron chi connectivity index (χ4n) is 3.25. The standard InChI is InChI=1S/C22H31NO/c1-3-11-22(24)21(4-2)18-23(16-19-12-7-5-8-13-19)17-20-14-9-6-10-15-20/h5-10,12-15,21-22,24H,3-4,11,16-18H2,1-2H3/t21-,22+/m1/s1. The van der Waals surface area contributed by atoms with Crippen molar-refractivity contribution in [2.24, 2.45) is 5.92 Å². The summed E-state index contributed by atoms with van der Waals surface area (Å²) >= 11 is 0. The topological polar surface area (TPSA) is 23.5 Å². The average molecular weight is 325 g/mol. The number of aliphatic hydroxyl groups excluding tert-OH is 1. The molecule has 0 saturated heterocycles. The monoisotopic (exact) mass is 325 g/mol. The fraction of sp³-hybridized carbons (Fsp3) is 0.455. The van der Waals surface area contributed by atoms with Crippen molar-refractivity contribution in [2.75, 3.05) is 6.54 Å². The van der Waals surface area contributed by atoms with E-state index in [-0.39, 0.29) is 6.10 Å². The highest BCUT2D eigenvalue weighted by Crippen LogP contribution is 2.19. The van der Waals surface area contributed by atoms with Gasteiger partial charge in [0.05, 0.1) is 6.10 Å². The molecular formula is C22H31NO. The van der Waals surface area contributed by atoms with E-state index in [1.165, 1.54) is 11.1 Å². The van der Waals surface area contributed by atoms with E-state index < -0.39 is 0 Å². The molecule has 0 bridgehead atoms. The molecule has 2 rings (SSSR count). The van der Waals surface area contributed by atoms with Crippen LogP contribution in [-0.4, -0.2) is 22.7 Å². The summed E-state index contributed by atoms with van der Waals surface area (Å²) in [6, 6.07) is 21.2. The third kappa shape index (κ3) is 6.10. The van der Waals surface area contributed by atoms with Crippen molar-refractivity contribution in [1.29, 1.82) is 0 Å². The van der Waals surface area contributed by atoms with E-state index in [9.17, 15) is 5.11 Å². The second kappa shape index (κ2) is 10.3. The number of benzene rings is 2. The Morgan fingerprint density at radius 3 is 1.75 bits per heavy atom. The van der Waals surface area contributed by atoms with Crippen LogP contribution in [0.25, 0.3) is 0 Å². The van der Waals surface area contributed by atoms with Gasteiger partial charge in [-0.05, 0) is 29.9 Å². The van der Waals surface area contributed by atoms with E-state index in [0.717, 1.165) is 38.9 Å². The maximum Gasteiger partial charge on any atom is 0.0580 e. The highest BCUT2D eigenvalue weighted by atomic mass is 16.3. The normalized spacial score (nSPS) is 13.8. The quantitative estimate of drug-likeness (QED) is 0.673. The summed E-state index contributed by atoms with van der Waals surface area (Å²) < 4.78 is 0. The van der Waals surface area contributed by atoms with Gasteiger partial charge in [-0.2, -0.15) is 0 Å². The van der Waals surface area contributed by atoms with Gasteiger partial charge in [0, 0.05) is 19.6 Å². The second-order valence-electron chi connectivity index (χ2n) is 6.67. The zero-order chi connectivity index (χ0) is 17.2. The maximum absolute atomic E-state index is 10.5. The van der Waals surface area contributed by atoms with Crippen LogP contribution in [0.3, 0.4) is 0 Å².